The normalized spacial score (nSPS) is 13.8. The third-order valence-corrected chi connectivity index (χ3v) is 9.60. The zero-order valence-electron chi connectivity index (χ0n) is 37.5. The van der Waals surface area contributed by atoms with Crippen molar-refractivity contribution in [1.29, 1.82) is 0 Å². The van der Waals surface area contributed by atoms with Crippen molar-refractivity contribution in [2.45, 2.75) is 139 Å². The van der Waals surface area contributed by atoms with Crippen molar-refractivity contribution < 1.29 is 73.2 Å². The van der Waals surface area contributed by atoms with E-state index in [-0.39, 0.29) is 76.5 Å². The standard InChI is InChI=1S/C38H67N15O15/c39-16-2-1-5-20(48-30(61)19(40)8-13-27(55)56)31(62)51-23(10-14-28(57)58)34(65)49-21(6-3-17-46-37(42)43)32(63)52-24(11-15-29(59)60)35(66)50-22(7-4-18-47-38(44)45)33(64)53-25(36(67)68)9-12-26(41)54/h19-25H,1-18,39-40H2,(H2,41,54)(H,48,61)(H,49,65)(H,50,66)(H,51,62)(H,52,63)(H,53,64)(H,55,56)(H,57,58)(H,59,60)(H,67,68)(H4,42,43,46)(H4,44,45,47). The molecule has 0 saturated heterocycles. The first-order chi connectivity index (χ1) is 31.9. The zero-order chi connectivity index (χ0) is 51.9. The highest BCUT2D eigenvalue weighted by molar-refractivity contribution is 5.97. The molecule has 7 atom stereocenters. The average Bonchev–Trinajstić information content (AvgIpc) is 3.24. The Morgan fingerprint density at radius 2 is 0.706 bits per heavy atom. The van der Waals surface area contributed by atoms with Gasteiger partial charge in [0.1, 0.15) is 36.3 Å². The van der Waals surface area contributed by atoms with Crippen molar-refractivity contribution in [3.05, 3.63) is 0 Å². The van der Waals surface area contributed by atoms with E-state index in [0.29, 0.717) is 6.42 Å². The summed E-state index contributed by atoms with van der Waals surface area (Å²) in [5, 5.41) is 51.6. The van der Waals surface area contributed by atoms with Gasteiger partial charge in [-0.05, 0) is 77.2 Å². The van der Waals surface area contributed by atoms with Crippen LogP contribution in [0.5, 0.6) is 0 Å². The fraction of sp³-hybridized carbons (Fsp3) is 0.658. The number of aliphatic carboxylic acids is 4. The lowest BCUT2D eigenvalue weighted by atomic mass is 10.0. The summed E-state index contributed by atoms with van der Waals surface area (Å²) in [5.41, 5.74) is 38.1. The number of amides is 7. The van der Waals surface area contributed by atoms with E-state index in [1.807, 2.05) is 0 Å². The number of carboxylic acids is 4. The fourth-order valence-electron chi connectivity index (χ4n) is 5.97. The zero-order valence-corrected chi connectivity index (χ0v) is 37.5. The Labute approximate surface area is 390 Å². The van der Waals surface area contributed by atoms with E-state index in [4.69, 9.17) is 45.2 Å². The van der Waals surface area contributed by atoms with Gasteiger partial charge in [0.15, 0.2) is 11.9 Å². The highest BCUT2D eigenvalue weighted by Crippen LogP contribution is 2.10. The minimum Gasteiger partial charge on any atom is -0.481 e. The molecule has 0 aromatic carbocycles. The highest BCUT2D eigenvalue weighted by Gasteiger charge is 2.34. The maximum atomic E-state index is 14.0. The maximum Gasteiger partial charge on any atom is 0.326 e. The molecule has 0 aromatic rings. The highest BCUT2D eigenvalue weighted by atomic mass is 16.4. The number of nitrogens with one attached hydrogen (secondary N) is 6. The lowest BCUT2D eigenvalue weighted by Gasteiger charge is -2.27. The van der Waals surface area contributed by atoms with Gasteiger partial charge in [0.05, 0.1) is 6.04 Å². The molecular formula is C38H67N15O15. The van der Waals surface area contributed by atoms with Gasteiger partial charge in [-0.1, -0.05) is 0 Å². The van der Waals surface area contributed by atoms with E-state index in [1.54, 1.807) is 0 Å². The van der Waals surface area contributed by atoms with Crippen molar-refractivity contribution in [3.8, 4) is 0 Å². The molecule has 0 rings (SSSR count). The Kier molecular flexibility index (Phi) is 29.6. The molecule has 0 bridgehead atoms. The summed E-state index contributed by atoms with van der Waals surface area (Å²) in [7, 11) is 0. The van der Waals surface area contributed by atoms with Crippen LogP contribution in [-0.2, 0) is 52.7 Å². The van der Waals surface area contributed by atoms with Gasteiger partial charge in [0.2, 0.25) is 41.4 Å². The molecule has 0 heterocycles. The Bertz CT molecular complexity index is 1810. The van der Waals surface area contributed by atoms with Gasteiger partial charge >= 0.3 is 23.9 Å². The first kappa shape index (κ1) is 60.6. The number of nitrogens with two attached hydrogens (primary N) is 7. The molecule has 384 valence electrons. The van der Waals surface area contributed by atoms with Gasteiger partial charge in [-0.2, -0.15) is 0 Å². The molecule has 0 aliphatic heterocycles. The van der Waals surface area contributed by atoms with Crippen molar-refractivity contribution in [2.75, 3.05) is 19.6 Å². The van der Waals surface area contributed by atoms with E-state index >= 15 is 0 Å². The molecule has 0 aromatic heterocycles. The lowest BCUT2D eigenvalue weighted by molar-refractivity contribution is -0.143. The van der Waals surface area contributed by atoms with Crippen molar-refractivity contribution >= 4 is 77.1 Å². The number of rotatable bonds is 37. The number of hydrogen-bond acceptors (Lipinski definition) is 15. The molecule has 24 N–H and O–H groups in total. The van der Waals surface area contributed by atoms with Crippen LogP contribution < -0.4 is 72.0 Å². The van der Waals surface area contributed by atoms with Crippen molar-refractivity contribution in [2.24, 2.45) is 50.1 Å². The van der Waals surface area contributed by atoms with Crippen LogP contribution >= 0.6 is 0 Å². The number of aliphatic imine (C=N–C) groups is 2. The first-order valence-corrected chi connectivity index (χ1v) is 21.4. The van der Waals surface area contributed by atoms with Crippen LogP contribution in [0.2, 0.25) is 0 Å². The van der Waals surface area contributed by atoms with Gasteiger partial charge in [0, 0.05) is 38.8 Å². The SMILES string of the molecule is NCCCCC(NC(=O)C(N)CCC(=O)O)C(=O)NC(CCC(=O)O)C(=O)NC(CCCN=C(N)N)C(=O)NC(CCC(=O)O)C(=O)NC(CCCN=C(N)N)C(=O)NC(CCC(N)=O)C(=O)O. The van der Waals surface area contributed by atoms with Gasteiger partial charge in [-0.3, -0.25) is 57.9 Å². The molecule has 0 radical (unpaired) electrons. The Hall–Kier alpha value is -7.37. The van der Waals surface area contributed by atoms with E-state index in [0.717, 1.165) is 0 Å². The van der Waals surface area contributed by atoms with Crippen LogP contribution in [0.25, 0.3) is 0 Å². The van der Waals surface area contributed by atoms with Gasteiger partial charge < -0.3 is 92.5 Å². The average molecular weight is 974 g/mol. The molecule has 68 heavy (non-hydrogen) atoms. The lowest BCUT2D eigenvalue weighted by Crippen LogP contribution is -2.60. The van der Waals surface area contributed by atoms with Crippen LogP contribution in [0.3, 0.4) is 0 Å². The van der Waals surface area contributed by atoms with E-state index in [9.17, 15) is 68.1 Å². The monoisotopic (exact) mass is 973 g/mol. The van der Waals surface area contributed by atoms with Gasteiger partial charge in [-0.15, -0.1) is 0 Å². The second-order valence-corrected chi connectivity index (χ2v) is 15.3. The van der Waals surface area contributed by atoms with Crippen LogP contribution in [0, 0.1) is 0 Å². The third-order valence-electron chi connectivity index (χ3n) is 9.60. The van der Waals surface area contributed by atoms with Crippen LogP contribution in [0.15, 0.2) is 9.98 Å². The summed E-state index contributed by atoms with van der Waals surface area (Å²) in [5.74, 6) is -13.4. The maximum absolute atomic E-state index is 14.0. The summed E-state index contributed by atoms with van der Waals surface area (Å²) in [6.07, 6.45) is -4.07. The van der Waals surface area contributed by atoms with Crippen LogP contribution in [-0.4, -0.2) is 159 Å². The molecule has 0 spiro atoms. The second kappa shape index (κ2) is 33.2. The summed E-state index contributed by atoms with van der Waals surface area (Å²) >= 11 is 0. The van der Waals surface area contributed by atoms with Crippen LogP contribution in [0.1, 0.15) is 96.3 Å². The molecule has 0 aliphatic rings. The summed E-state index contributed by atoms with van der Waals surface area (Å²) < 4.78 is 0. The number of unbranched alkanes of at least 4 members (excludes halogenated alkanes) is 1. The largest absolute Gasteiger partial charge is 0.481 e. The minimum absolute atomic E-state index is 0.0199. The molecule has 7 amide bonds. The third kappa shape index (κ3) is 27.8. The molecule has 30 heteroatoms. The Morgan fingerprint density at radius 1 is 0.397 bits per heavy atom. The number of carbonyl (C=O) groups excluding carboxylic acids is 7. The number of hydrogen-bond donors (Lipinski definition) is 17. The van der Waals surface area contributed by atoms with E-state index < -0.39 is 152 Å². The smallest absolute Gasteiger partial charge is 0.326 e. The number of nitrogens with zero attached hydrogens (tertiary/aromatic N) is 2. The number of guanidine groups is 2. The number of carbonyl (C=O) groups is 11. The van der Waals surface area contributed by atoms with Crippen LogP contribution in [0.4, 0.5) is 0 Å². The van der Waals surface area contributed by atoms with E-state index in [1.165, 1.54) is 0 Å². The molecule has 7 unspecified atom stereocenters. The molecular weight excluding hydrogens is 907 g/mol. The predicted molar refractivity (Wildman–Crippen MR) is 239 cm³/mol. The Balaban J connectivity index is 6.85. The van der Waals surface area contributed by atoms with Crippen molar-refractivity contribution in [3.63, 3.8) is 0 Å². The van der Waals surface area contributed by atoms with Gasteiger partial charge in [0.25, 0.3) is 0 Å². The van der Waals surface area contributed by atoms with Gasteiger partial charge in [-0.25, -0.2) is 4.79 Å². The second-order valence-electron chi connectivity index (χ2n) is 15.3. The molecule has 0 saturated carbocycles. The predicted octanol–water partition coefficient (Wildman–Crippen LogP) is -6.60. The Morgan fingerprint density at radius 3 is 1.03 bits per heavy atom. The van der Waals surface area contributed by atoms with Crippen molar-refractivity contribution in [1.82, 2.24) is 31.9 Å². The molecule has 30 nitrogen and oxygen atoms in total. The minimum atomic E-state index is -1.75. The van der Waals surface area contributed by atoms with E-state index in [2.05, 4.69) is 41.9 Å². The fourth-order valence-corrected chi connectivity index (χ4v) is 5.97. The number of primary amides is 1. The summed E-state index contributed by atoms with van der Waals surface area (Å²) in [6.45, 7) is 0.0436. The summed E-state index contributed by atoms with van der Waals surface area (Å²) in [6, 6.07) is -11.0. The molecule has 0 fully saturated rings. The number of carboxylic acid groups (broad SMARTS) is 4. The quantitative estimate of drug-likeness (QED) is 0.0156. The molecule has 0 aliphatic carbocycles. The summed E-state index contributed by atoms with van der Waals surface area (Å²) in [4.78, 5) is 147. The first-order valence-electron chi connectivity index (χ1n) is 21.4. The topological polar surface area (TPSA) is 548 Å².